The van der Waals surface area contributed by atoms with E-state index in [-0.39, 0.29) is 11.8 Å². The number of anilines is 1. The smallest absolute Gasteiger partial charge is 0.255 e. The Morgan fingerprint density at radius 1 is 1.48 bits per heavy atom. The Hall–Kier alpha value is -1.92. The predicted octanol–water partition coefficient (Wildman–Crippen LogP) is 1.32. The third-order valence-electron chi connectivity index (χ3n) is 3.75. The zero-order valence-corrected chi connectivity index (χ0v) is 12.7. The van der Waals surface area contributed by atoms with Gasteiger partial charge in [-0.25, -0.2) is 4.98 Å². The molecular formula is C14H21FN4O2. The van der Waals surface area contributed by atoms with Gasteiger partial charge in [-0.3, -0.25) is 4.79 Å². The first-order valence-electron chi connectivity index (χ1n) is 7.03. The summed E-state index contributed by atoms with van der Waals surface area (Å²) in [7, 11) is 4.93. The molecule has 0 unspecified atom stereocenters. The van der Waals surface area contributed by atoms with Gasteiger partial charge in [0.1, 0.15) is 0 Å². The molecule has 7 heteroatoms. The second kappa shape index (κ2) is 6.69. The fourth-order valence-corrected chi connectivity index (χ4v) is 2.40. The van der Waals surface area contributed by atoms with Crippen LogP contribution in [-0.2, 0) is 4.79 Å². The van der Waals surface area contributed by atoms with E-state index in [1.165, 1.54) is 7.11 Å². The minimum absolute atomic E-state index is 0.0371. The van der Waals surface area contributed by atoms with Gasteiger partial charge in [-0.1, -0.05) is 0 Å². The number of rotatable bonds is 4. The standard InChI is InChI=1S/C14H21FN4O2/c1-18(2)12(20)8-10-4-6-19(7-5-10)14-16-9-11(15)13(17-14)21-3/h9-10H,4-8H2,1-3H3. The lowest BCUT2D eigenvalue weighted by molar-refractivity contribution is -0.129. The van der Waals surface area contributed by atoms with Crippen LogP contribution < -0.4 is 9.64 Å². The monoisotopic (exact) mass is 296 g/mol. The van der Waals surface area contributed by atoms with Gasteiger partial charge >= 0.3 is 0 Å². The van der Waals surface area contributed by atoms with Crippen LogP contribution in [0, 0.1) is 11.7 Å². The maximum Gasteiger partial charge on any atom is 0.255 e. The number of halogens is 1. The quantitative estimate of drug-likeness (QED) is 0.838. The Kier molecular flexibility index (Phi) is 4.93. The number of carbonyl (C=O) groups is 1. The Bertz CT molecular complexity index is 502. The number of aromatic nitrogens is 2. The average molecular weight is 296 g/mol. The van der Waals surface area contributed by atoms with Gasteiger partial charge in [-0.2, -0.15) is 9.37 Å². The van der Waals surface area contributed by atoms with Crippen LogP contribution in [0.5, 0.6) is 5.88 Å². The normalized spacial score (nSPS) is 15.9. The number of carbonyl (C=O) groups excluding carboxylic acids is 1. The second-order valence-corrected chi connectivity index (χ2v) is 5.45. The lowest BCUT2D eigenvalue weighted by atomic mass is 9.93. The molecule has 0 atom stereocenters. The van der Waals surface area contributed by atoms with E-state index in [9.17, 15) is 9.18 Å². The number of nitrogens with zero attached hydrogens (tertiary/aromatic N) is 4. The molecule has 1 aromatic heterocycles. The molecule has 0 aromatic carbocycles. The van der Waals surface area contributed by atoms with E-state index in [2.05, 4.69) is 9.97 Å². The first-order chi connectivity index (χ1) is 10.0. The second-order valence-electron chi connectivity index (χ2n) is 5.45. The molecule has 116 valence electrons. The molecule has 2 rings (SSSR count). The van der Waals surface area contributed by atoms with Crippen molar-refractivity contribution in [1.29, 1.82) is 0 Å². The molecule has 0 spiro atoms. The van der Waals surface area contributed by atoms with Crippen molar-refractivity contribution in [3.8, 4) is 5.88 Å². The lowest BCUT2D eigenvalue weighted by Gasteiger charge is -2.32. The van der Waals surface area contributed by atoms with Crippen LogP contribution in [0.1, 0.15) is 19.3 Å². The summed E-state index contributed by atoms with van der Waals surface area (Å²) in [5.41, 5.74) is 0. The van der Waals surface area contributed by atoms with Crippen LogP contribution in [0.25, 0.3) is 0 Å². The molecule has 2 heterocycles. The SMILES string of the molecule is COc1nc(N2CCC(CC(=O)N(C)C)CC2)ncc1F. The number of amides is 1. The zero-order chi connectivity index (χ0) is 15.4. The van der Waals surface area contributed by atoms with Gasteiger partial charge in [0.15, 0.2) is 0 Å². The van der Waals surface area contributed by atoms with E-state index in [1.807, 2.05) is 4.90 Å². The summed E-state index contributed by atoms with van der Waals surface area (Å²) >= 11 is 0. The summed E-state index contributed by atoms with van der Waals surface area (Å²) in [6.07, 6.45) is 3.52. The van der Waals surface area contributed by atoms with E-state index < -0.39 is 5.82 Å². The van der Waals surface area contributed by atoms with Crippen molar-refractivity contribution < 1.29 is 13.9 Å². The number of ether oxygens (including phenoxy) is 1. The van der Waals surface area contributed by atoms with Gasteiger partial charge < -0.3 is 14.5 Å². The van der Waals surface area contributed by atoms with E-state index in [0.29, 0.717) is 18.3 Å². The maximum atomic E-state index is 13.3. The summed E-state index contributed by atoms with van der Waals surface area (Å²) in [6.45, 7) is 1.53. The van der Waals surface area contributed by atoms with Crippen molar-refractivity contribution in [3.05, 3.63) is 12.0 Å². The highest BCUT2D eigenvalue weighted by molar-refractivity contribution is 5.75. The lowest BCUT2D eigenvalue weighted by Crippen LogP contribution is -2.36. The number of hydrogen-bond donors (Lipinski definition) is 0. The van der Waals surface area contributed by atoms with Gasteiger partial charge in [0.05, 0.1) is 13.3 Å². The van der Waals surface area contributed by atoms with Crippen LogP contribution >= 0.6 is 0 Å². The number of piperidine rings is 1. The molecule has 1 saturated heterocycles. The van der Waals surface area contributed by atoms with Gasteiger partial charge in [0, 0.05) is 33.6 Å². The molecule has 1 amide bonds. The third kappa shape index (κ3) is 3.80. The third-order valence-corrected chi connectivity index (χ3v) is 3.75. The maximum absolute atomic E-state index is 13.3. The van der Waals surface area contributed by atoms with Crippen molar-refractivity contribution in [1.82, 2.24) is 14.9 Å². The molecule has 0 N–H and O–H groups in total. The van der Waals surface area contributed by atoms with Crippen molar-refractivity contribution >= 4 is 11.9 Å². The van der Waals surface area contributed by atoms with Crippen molar-refractivity contribution in [3.63, 3.8) is 0 Å². The van der Waals surface area contributed by atoms with Crippen LogP contribution in [-0.4, -0.2) is 55.1 Å². The summed E-state index contributed by atoms with van der Waals surface area (Å²) < 4.78 is 18.2. The predicted molar refractivity (Wildman–Crippen MR) is 76.8 cm³/mol. The van der Waals surface area contributed by atoms with Crippen LogP contribution in [0.3, 0.4) is 0 Å². The summed E-state index contributed by atoms with van der Waals surface area (Å²) in [5, 5.41) is 0. The van der Waals surface area contributed by atoms with Gasteiger partial charge in [0.25, 0.3) is 5.88 Å². The van der Waals surface area contributed by atoms with Crippen molar-refractivity contribution in [2.45, 2.75) is 19.3 Å². The average Bonchev–Trinajstić information content (AvgIpc) is 2.48. The molecular weight excluding hydrogens is 275 g/mol. The van der Waals surface area contributed by atoms with E-state index in [4.69, 9.17) is 4.74 Å². The molecule has 21 heavy (non-hydrogen) atoms. The van der Waals surface area contributed by atoms with Gasteiger partial charge in [0.2, 0.25) is 17.7 Å². The minimum Gasteiger partial charge on any atom is -0.479 e. The first kappa shape index (κ1) is 15.5. The highest BCUT2D eigenvalue weighted by atomic mass is 19.1. The number of methoxy groups -OCH3 is 1. The Balaban J connectivity index is 1.93. The molecule has 0 radical (unpaired) electrons. The van der Waals surface area contributed by atoms with E-state index in [0.717, 1.165) is 32.1 Å². The van der Waals surface area contributed by atoms with Crippen LogP contribution in [0.15, 0.2) is 6.20 Å². The molecule has 1 aliphatic heterocycles. The first-order valence-corrected chi connectivity index (χ1v) is 7.03. The van der Waals surface area contributed by atoms with Crippen LogP contribution in [0.2, 0.25) is 0 Å². The summed E-state index contributed by atoms with van der Waals surface area (Å²) in [4.78, 5) is 23.4. The highest BCUT2D eigenvalue weighted by Crippen LogP contribution is 2.25. The molecule has 0 saturated carbocycles. The Labute approximate surface area is 123 Å². The summed E-state index contributed by atoms with van der Waals surface area (Å²) in [5.74, 6) is 0.426. The molecule has 1 fully saturated rings. The largest absolute Gasteiger partial charge is 0.479 e. The molecule has 1 aromatic rings. The molecule has 0 bridgehead atoms. The van der Waals surface area contributed by atoms with Crippen molar-refractivity contribution in [2.75, 3.05) is 39.2 Å². The van der Waals surface area contributed by atoms with Crippen LogP contribution in [0.4, 0.5) is 10.3 Å². The Morgan fingerprint density at radius 2 is 2.14 bits per heavy atom. The van der Waals surface area contributed by atoms with Gasteiger partial charge in [-0.05, 0) is 18.8 Å². The van der Waals surface area contributed by atoms with E-state index in [1.54, 1.807) is 19.0 Å². The van der Waals surface area contributed by atoms with Crippen molar-refractivity contribution in [2.24, 2.45) is 5.92 Å². The van der Waals surface area contributed by atoms with E-state index >= 15 is 0 Å². The number of hydrogen-bond acceptors (Lipinski definition) is 5. The zero-order valence-electron chi connectivity index (χ0n) is 12.7. The fourth-order valence-electron chi connectivity index (χ4n) is 2.40. The van der Waals surface area contributed by atoms with Gasteiger partial charge in [-0.15, -0.1) is 0 Å². The molecule has 0 aliphatic carbocycles. The minimum atomic E-state index is -0.562. The molecule has 6 nitrogen and oxygen atoms in total. The highest BCUT2D eigenvalue weighted by Gasteiger charge is 2.24. The topological polar surface area (TPSA) is 58.6 Å². The fraction of sp³-hybridized carbons (Fsp3) is 0.643. The molecule has 1 aliphatic rings. The summed E-state index contributed by atoms with van der Waals surface area (Å²) in [6, 6.07) is 0. The Morgan fingerprint density at radius 3 is 2.71 bits per heavy atom.